The van der Waals surface area contributed by atoms with Crippen LogP contribution in [0.3, 0.4) is 0 Å². The second kappa shape index (κ2) is 10.3. The van der Waals surface area contributed by atoms with Gasteiger partial charge in [-0.05, 0) is 56.1 Å². The van der Waals surface area contributed by atoms with E-state index in [4.69, 9.17) is 4.42 Å². The summed E-state index contributed by atoms with van der Waals surface area (Å²) in [6, 6.07) is 10.6. The van der Waals surface area contributed by atoms with Crippen LogP contribution in [0.2, 0.25) is 0 Å². The smallest absolute Gasteiger partial charge is 0.293 e. The van der Waals surface area contributed by atoms with Crippen molar-refractivity contribution in [2.24, 2.45) is 5.92 Å². The molecule has 6 nitrogen and oxygen atoms in total. The lowest BCUT2D eigenvalue weighted by molar-refractivity contribution is 0.0691. The van der Waals surface area contributed by atoms with Gasteiger partial charge in [-0.2, -0.15) is 0 Å². The van der Waals surface area contributed by atoms with Gasteiger partial charge in [0.05, 0.1) is 17.5 Å². The number of rotatable bonds is 6. The van der Waals surface area contributed by atoms with Gasteiger partial charge >= 0.3 is 0 Å². The molecule has 2 aromatic rings. The molecule has 1 N–H and O–H groups in total. The van der Waals surface area contributed by atoms with Gasteiger partial charge in [-0.1, -0.05) is 19.1 Å². The number of carbonyl (C=O) groups is 2. The highest BCUT2D eigenvalue weighted by Gasteiger charge is 2.27. The molecule has 3 rings (SSSR count). The summed E-state index contributed by atoms with van der Waals surface area (Å²) in [7, 11) is 1.67. The van der Waals surface area contributed by atoms with Gasteiger partial charge in [0.2, 0.25) is 0 Å². The Morgan fingerprint density at radius 1 is 1.18 bits per heavy atom. The summed E-state index contributed by atoms with van der Waals surface area (Å²) in [4.78, 5) is 29.1. The molecule has 0 atom stereocenters. The first kappa shape index (κ1) is 22.0. The number of nitrogens with zero attached hydrogens (tertiary/aromatic N) is 2. The van der Waals surface area contributed by atoms with Crippen molar-refractivity contribution in [3.8, 4) is 0 Å². The van der Waals surface area contributed by atoms with Gasteiger partial charge in [0.1, 0.15) is 0 Å². The number of nitrogens with one attached hydrogen (secondary N) is 1. The van der Waals surface area contributed by atoms with Crippen LogP contribution in [0.15, 0.2) is 47.1 Å². The van der Waals surface area contributed by atoms with Crippen LogP contribution in [0.4, 0.5) is 5.69 Å². The molecular formula is C21H28ClN3O3. The molecule has 2 heterocycles. The zero-order chi connectivity index (χ0) is 19.2. The molecule has 1 aliphatic rings. The molecule has 1 saturated heterocycles. The number of likely N-dealkylation sites (tertiary alicyclic amines) is 1. The Hall–Kier alpha value is -2.31. The standard InChI is InChI=1S/C21H27N3O3.ClH/c1-3-22-15-16-10-12-24(13-11-16)20(25)17-7-4-5-8-18(17)23(2)21(26)19-9-6-14-27-19;/h4-9,14,16,22H,3,10-13,15H2,1-2H3;1H. The summed E-state index contributed by atoms with van der Waals surface area (Å²) >= 11 is 0. The summed E-state index contributed by atoms with van der Waals surface area (Å²) in [5, 5.41) is 3.39. The number of hydrogen-bond donors (Lipinski definition) is 1. The number of furan rings is 1. The van der Waals surface area contributed by atoms with E-state index in [0.29, 0.717) is 17.2 Å². The number of anilines is 1. The quantitative estimate of drug-likeness (QED) is 0.799. The van der Waals surface area contributed by atoms with Crippen molar-refractivity contribution < 1.29 is 14.0 Å². The third-order valence-electron chi connectivity index (χ3n) is 5.12. The van der Waals surface area contributed by atoms with Crippen LogP contribution in [0, 0.1) is 5.92 Å². The van der Waals surface area contributed by atoms with Crippen LogP contribution in [0.25, 0.3) is 0 Å². The van der Waals surface area contributed by atoms with Gasteiger partial charge in [0.15, 0.2) is 5.76 Å². The molecule has 28 heavy (non-hydrogen) atoms. The van der Waals surface area contributed by atoms with E-state index in [2.05, 4.69) is 12.2 Å². The van der Waals surface area contributed by atoms with E-state index >= 15 is 0 Å². The average molecular weight is 406 g/mol. The van der Waals surface area contributed by atoms with Crippen LogP contribution < -0.4 is 10.2 Å². The number of para-hydroxylation sites is 1. The number of carbonyl (C=O) groups excluding carboxylic acids is 2. The predicted molar refractivity (Wildman–Crippen MR) is 112 cm³/mol. The number of amides is 2. The van der Waals surface area contributed by atoms with E-state index in [0.717, 1.165) is 39.0 Å². The Morgan fingerprint density at radius 3 is 2.54 bits per heavy atom. The number of hydrogen-bond acceptors (Lipinski definition) is 4. The molecular weight excluding hydrogens is 378 g/mol. The molecule has 7 heteroatoms. The zero-order valence-corrected chi connectivity index (χ0v) is 17.2. The normalized spacial score (nSPS) is 14.4. The highest BCUT2D eigenvalue weighted by molar-refractivity contribution is 6.09. The van der Waals surface area contributed by atoms with Crippen LogP contribution >= 0.6 is 12.4 Å². The van der Waals surface area contributed by atoms with E-state index in [-0.39, 0.29) is 30.0 Å². The van der Waals surface area contributed by atoms with E-state index in [9.17, 15) is 9.59 Å². The first-order valence-corrected chi connectivity index (χ1v) is 9.52. The van der Waals surface area contributed by atoms with Gasteiger partial charge in [-0.25, -0.2) is 0 Å². The molecule has 0 radical (unpaired) electrons. The molecule has 0 spiro atoms. The summed E-state index contributed by atoms with van der Waals surface area (Å²) in [5.41, 5.74) is 1.14. The molecule has 1 aliphatic heterocycles. The van der Waals surface area contributed by atoms with Crippen molar-refractivity contribution in [1.82, 2.24) is 10.2 Å². The molecule has 1 aromatic carbocycles. The topological polar surface area (TPSA) is 65.8 Å². The van der Waals surface area contributed by atoms with Crippen molar-refractivity contribution in [1.29, 1.82) is 0 Å². The molecule has 0 unspecified atom stereocenters. The molecule has 1 aromatic heterocycles. The third-order valence-corrected chi connectivity index (χ3v) is 5.12. The lowest BCUT2D eigenvalue weighted by atomic mass is 9.96. The predicted octanol–water partition coefficient (Wildman–Crippen LogP) is 3.44. The Bertz CT molecular complexity index is 771. The van der Waals surface area contributed by atoms with Crippen molar-refractivity contribution in [3.63, 3.8) is 0 Å². The number of halogens is 1. The summed E-state index contributed by atoms with van der Waals surface area (Å²) in [5.74, 6) is 0.577. The maximum Gasteiger partial charge on any atom is 0.293 e. The second-order valence-electron chi connectivity index (χ2n) is 6.90. The minimum Gasteiger partial charge on any atom is -0.459 e. The maximum atomic E-state index is 13.1. The fourth-order valence-corrected chi connectivity index (χ4v) is 3.48. The van der Waals surface area contributed by atoms with Gasteiger partial charge in [0, 0.05) is 20.1 Å². The van der Waals surface area contributed by atoms with Gasteiger partial charge in [-0.15, -0.1) is 12.4 Å². The second-order valence-corrected chi connectivity index (χ2v) is 6.90. The Labute approximate surface area is 172 Å². The van der Waals surface area contributed by atoms with Crippen molar-refractivity contribution >= 4 is 29.9 Å². The van der Waals surface area contributed by atoms with Gasteiger partial charge in [-0.3, -0.25) is 9.59 Å². The van der Waals surface area contributed by atoms with E-state index in [1.807, 2.05) is 17.0 Å². The van der Waals surface area contributed by atoms with Crippen molar-refractivity contribution in [2.45, 2.75) is 19.8 Å². The third kappa shape index (κ3) is 4.94. The largest absolute Gasteiger partial charge is 0.459 e. The highest BCUT2D eigenvalue weighted by Crippen LogP contribution is 2.25. The van der Waals surface area contributed by atoms with Crippen LogP contribution in [0.5, 0.6) is 0 Å². The van der Waals surface area contributed by atoms with E-state index in [1.54, 1.807) is 31.3 Å². The first-order chi connectivity index (χ1) is 13.1. The first-order valence-electron chi connectivity index (χ1n) is 9.52. The lowest BCUT2D eigenvalue weighted by Crippen LogP contribution is -2.41. The molecule has 2 amide bonds. The Kier molecular flexibility index (Phi) is 8.08. The summed E-state index contributed by atoms with van der Waals surface area (Å²) in [6.07, 6.45) is 3.47. The fourth-order valence-electron chi connectivity index (χ4n) is 3.48. The number of piperidine rings is 1. The summed E-state index contributed by atoms with van der Waals surface area (Å²) in [6.45, 7) is 5.59. The monoisotopic (exact) mass is 405 g/mol. The SMILES string of the molecule is CCNCC1CCN(C(=O)c2ccccc2N(C)C(=O)c2ccco2)CC1.Cl. The number of benzene rings is 1. The van der Waals surface area contributed by atoms with E-state index in [1.165, 1.54) is 11.2 Å². The maximum absolute atomic E-state index is 13.1. The van der Waals surface area contributed by atoms with E-state index < -0.39 is 0 Å². The minimum atomic E-state index is -0.274. The molecule has 1 fully saturated rings. The zero-order valence-electron chi connectivity index (χ0n) is 16.4. The van der Waals surface area contributed by atoms with Gasteiger partial charge < -0.3 is 19.5 Å². The Balaban J connectivity index is 0.00000280. The van der Waals surface area contributed by atoms with Crippen LogP contribution in [-0.4, -0.2) is 49.9 Å². The molecule has 152 valence electrons. The fraction of sp³-hybridized carbons (Fsp3) is 0.429. The van der Waals surface area contributed by atoms with Crippen molar-refractivity contribution in [2.75, 3.05) is 38.1 Å². The average Bonchev–Trinajstić information content (AvgIpc) is 3.26. The summed E-state index contributed by atoms with van der Waals surface area (Å²) < 4.78 is 5.21. The van der Waals surface area contributed by atoms with Crippen LogP contribution in [0.1, 0.15) is 40.7 Å². The highest BCUT2D eigenvalue weighted by atomic mass is 35.5. The molecule has 0 aliphatic carbocycles. The minimum absolute atomic E-state index is 0. The Morgan fingerprint density at radius 2 is 1.89 bits per heavy atom. The van der Waals surface area contributed by atoms with Crippen molar-refractivity contribution in [3.05, 3.63) is 54.0 Å². The molecule has 0 saturated carbocycles. The van der Waals surface area contributed by atoms with Crippen LogP contribution in [-0.2, 0) is 0 Å². The lowest BCUT2D eigenvalue weighted by Gasteiger charge is -2.33. The molecule has 0 bridgehead atoms. The van der Waals surface area contributed by atoms with Gasteiger partial charge in [0.25, 0.3) is 11.8 Å².